The minimum Gasteiger partial charge on any atom is -0.383 e. The highest BCUT2D eigenvalue weighted by molar-refractivity contribution is 5.91. The van der Waals surface area contributed by atoms with Gasteiger partial charge in [0.25, 0.3) is 5.91 Å². The number of ether oxygens (including phenoxy) is 1. The number of aromatic nitrogens is 3. The lowest BCUT2D eigenvalue weighted by molar-refractivity contribution is 0.0948. The first kappa shape index (κ1) is 16.1. The van der Waals surface area contributed by atoms with E-state index in [-0.39, 0.29) is 5.91 Å². The lowest BCUT2D eigenvalue weighted by atomic mass is 10.2. The van der Waals surface area contributed by atoms with Gasteiger partial charge in [-0.25, -0.2) is 4.68 Å². The molecular weight excluding hydrogens is 282 g/mol. The Morgan fingerprint density at radius 2 is 2.05 bits per heavy atom. The standard InChI is InChI=1S/C15H21N5O2/c1-22-10-9-16-7-8-17-15(21)14-12-20(19-18-14)11-13-5-3-2-4-6-13/h2-6,12,16H,7-11H2,1H3,(H,17,21). The van der Waals surface area contributed by atoms with Crippen molar-refractivity contribution < 1.29 is 9.53 Å². The third-order valence-electron chi connectivity index (χ3n) is 3.03. The highest BCUT2D eigenvalue weighted by Gasteiger charge is 2.10. The van der Waals surface area contributed by atoms with Crippen molar-refractivity contribution in [3.8, 4) is 0 Å². The first-order valence-electron chi connectivity index (χ1n) is 7.21. The van der Waals surface area contributed by atoms with Crippen LogP contribution in [0.3, 0.4) is 0 Å². The SMILES string of the molecule is COCCNCCNC(=O)c1cn(Cc2ccccc2)nn1. The lowest BCUT2D eigenvalue weighted by Gasteiger charge is -2.04. The van der Waals surface area contributed by atoms with Crippen LogP contribution in [-0.2, 0) is 11.3 Å². The van der Waals surface area contributed by atoms with Gasteiger partial charge in [0, 0.05) is 26.7 Å². The Morgan fingerprint density at radius 1 is 1.23 bits per heavy atom. The third kappa shape index (κ3) is 5.27. The third-order valence-corrected chi connectivity index (χ3v) is 3.03. The van der Waals surface area contributed by atoms with Crippen molar-refractivity contribution in [2.45, 2.75) is 6.54 Å². The number of carbonyl (C=O) groups excluding carboxylic acids is 1. The van der Waals surface area contributed by atoms with E-state index >= 15 is 0 Å². The van der Waals surface area contributed by atoms with Gasteiger partial charge < -0.3 is 15.4 Å². The van der Waals surface area contributed by atoms with Gasteiger partial charge in [-0.3, -0.25) is 4.79 Å². The van der Waals surface area contributed by atoms with E-state index in [0.29, 0.717) is 31.9 Å². The summed E-state index contributed by atoms with van der Waals surface area (Å²) in [6.45, 7) is 3.24. The van der Waals surface area contributed by atoms with Gasteiger partial charge in [0.05, 0.1) is 19.3 Å². The fourth-order valence-electron chi connectivity index (χ4n) is 1.90. The smallest absolute Gasteiger partial charge is 0.273 e. The van der Waals surface area contributed by atoms with Gasteiger partial charge in [0.15, 0.2) is 5.69 Å². The van der Waals surface area contributed by atoms with Crippen molar-refractivity contribution in [1.82, 2.24) is 25.6 Å². The molecule has 0 unspecified atom stereocenters. The quantitative estimate of drug-likeness (QED) is 0.651. The molecule has 0 fully saturated rings. The molecule has 2 N–H and O–H groups in total. The Kier molecular flexibility index (Phi) is 6.53. The van der Waals surface area contributed by atoms with Gasteiger partial charge in [0.2, 0.25) is 0 Å². The van der Waals surface area contributed by atoms with Crippen LogP contribution >= 0.6 is 0 Å². The van der Waals surface area contributed by atoms with Crippen LogP contribution in [0, 0.1) is 0 Å². The molecule has 1 heterocycles. The van der Waals surface area contributed by atoms with E-state index in [9.17, 15) is 4.79 Å². The van der Waals surface area contributed by atoms with E-state index in [1.165, 1.54) is 0 Å². The average molecular weight is 303 g/mol. The summed E-state index contributed by atoms with van der Waals surface area (Å²) >= 11 is 0. The number of carbonyl (C=O) groups is 1. The molecule has 0 saturated heterocycles. The number of hydrogen-bond acceptors (Lipinski definition) is 5. The summed E-state index contributed by atoms with van der Waals surface area (Å²) in [6, 6.07) is 9.91. The van der Waals surface area contributed by atoms with Crippen LogP contribution in [0.25, 0.3) is 0 Å². The monoisotopic (exact) mass is 303 g/mol. The van der Waals surface area contributed by atoms with Crippen LogP contribution in [0.15, 0.2) is 36.5 Å². The maximum Gasteiger partial charge on any atom is 0.273 e. The van der Waals surface area contributed by atoms with Crippen LogP contribution in [0.5, 0.6) is 0 Å². The van der Waals surface area contributed by atoms with Crippen LogP contribution in [-0.4, -0.2) is 54.3 Å². The predicted molar refractivity (Wildman–Crippen MR) is 82.6 cm³/mol. The van der Waals surface area contributed by atoms with Crippen LogP contribution in [0.1, 0.15) is 16.1 Å². The largest absolute Gasteiger partial charge is 0.383 e. The number of amides is 1. The van der Waals surface area contributed by atoms with E-state index in [4.69, 9.17) is 4.74 Å². The second-order valence-corrected chi connectivity index (χ2v) is 4.79. The van der Waals surface area contributed by atoms with Gasteiger partial charge in [0.1, 0.15) is 0 Å². The maximum atomic E-state index is 11.9. The number of benzene rings is 1. The Bertz CT molecular complexity index is 570. The van der Waals surface area contributed by atoms with Gasteiger partial charge in [-0.2, -0.15) is 0 Å². The molecule has 0 aliphatic rings. The molecule has 7 heteroatoms. The molecular formula is C15H21N5O2. The normalized spacial score (nSPS) is 10.6. The van der Waals surface area contributed by atoms with Crippen molar-refractivity contribution in [2.24, 2.45) is 0 Å². The molecule has 0 atom stereocenters. The topological polar surface area (TPSA) is 81.1 Å². The Balaban J connectivity index is 1.74. The van der Waals surface area contributed by atoms with Crippen molar-refractivity contribution in [3.05, 3.63) is 47.8 Å². The number of nitrogens with zero attached hydrogens (tertiary/aromatic N) is 3. The molecule has 0 radical (unpaired) electrons. The second kappa shape index (κ2) is 8.91. The Hall–Kier alpha value is -2.25. The van der Waals surface area contributed by atoms with Crippen LogP contribution in [0.4, 0.5) is 0 Å². The lowest BCUT2D eigenvalue weighted by Crippen LogP contribution is -2.33. The van der Waals surface area contributed by atoms with Gasteiger partial charge in [-0.1, -0.05) is 35.5 Å². The van der Waals surface area contributed by atoms with E-state index in [1.54, 1.807) is 18.0 Å². The average Bonchev–Trinajstić information content (AvgIpc) is 3.00. The molecule has 1 aromatic heterocycles. The molecule has 22 heavy (non-hydrogen) atoms. The molecule has 2 aromatic rings. The van der Waals surface area contributed by atoms with Crippen molar-refractivity contribution >= 4 is 5.91 Å². The first-order chi connectivity index (χ1) is 10.8. The summed E-state index contributed by atoms with van der Waals surface area (Å²) in [6.07, 6.45) is 1.65. The number of methoxy groups -OCH3 is 1. The summed E-state index contributed by atoms with van der Waals surface area (Å²) in [5.41, 5.74) is 1.44. The zero-order chi connectivity index (χ0) is 15.6. The van der Waals surface area contributed by atoms with Gasteiger partial charge >= 0.3 is 0 Å². The Morgan fingerprint density at radius 3 is 2.82 bits per heavy atom. The molecule has 0 spiro atoms. The Labute approximate surface area is 129 Å². The minimum atomic E-state index is -0.215. The van der Waals surface area contributed by atoms with Crippen LogP contribution < -0.4 is 10.6 Å². The highest BCUT2D eigenvalue weighted by Crippen LogP contribution is 2.02. The van der Waals surface area contributed by atoms with Gasteiger partial charge in [-0.15, -0.1) is 5.10 Å². The van der Waals surface area contributed by atoms with E-state index in [0.717, 1.165) is 12.1 Å². The minimum absolute atomic E-state index is 0.215. The molecule has 0 aliphatic heterocycles. The van der Waals surface area contributed by atoms with Crippen molar-refractivity contribution in [2.75, 3.05) is 33.4 Å². The summed E-state index contributed by atoms with van der Waals surface area (Å²) in [5, 5.41) is 13.8. The zero-order valence-corrected chi connectivity index (χ0v) is 12.7. The van der Waals surface area contributed by atoms with Crippen molar-refractivity contribution in [1.29, 1.82) is 0 Å². The van der Waals surface area contributed by atoms with E-state index in [1.807, 2.05) is 30.3 Å². The molecule has 1 aromatic carbocycles. The maximum absolute atomic E-state index is 11.9. The van der Waals surface area contributed by atoms with E-state index < -0.39 is 0 Å². The number of hydrogen-bond donors (Lipinski definition) is 2. The second-order valence-electron chi connectivity index (χ2n) is 4.79. The first-order valence-corrected chi connectivity index (χ1v) is 7.21. The summed E-state index contributed by atoms with van der Waals surface area (Å²) < 4.78 is 6.57. The zero-order valence-electron chi connectivity index (χ0n) is 12.7. The molecule has 2 rings (SSSR count). The molecule has 0 saturated carbocycles. The van der Waals surface area contributed by atoms with Crippen molar-refractivity contribution in [3.63, 3.8) is 0 Å². The molecule has 0 bridgehead atoms. The summed E-state index contributed by atoms with van der Waals surface area (Å²) in [5.74, 6) is -0.215. The highest BCUT2D eigenvalue weighted by atomic mass is 16.5. The van der Waals surface area contributed by atoms with E-state index in [2.05, 4.69) is 20.9 Å². The molecule has 118 valence electrons. The fraction of sp³-hybridized carbons (Fsp3) is 0.400. The number of rotatable bonds is 9. The number of nitrogens with one attached hydrogen (secondary N) is 2. The van der Waals surface area contributed by atoms with Crippen LogP contribution in [0.2, 0.25) is 0 Å². The summed E-state index contributed by atoms with van der Waals surface area (Å²) in [7, 11) is 1.65. The summed E-state index contributed by atoms with van der Waals surface area (Å²) in [4.78, 5) is 11.9. The predicted octanol–water partition coefficient (Wildman–Crippen LogP) is 0.292. The fourth-order valence-corrected chi connectivity index (χ4v) is 1.90. The molecule has 0 aliphatic carbocycles. The molecule has 7 nitrogen and oxygen atoms in total. The van der Waals surface area contributed by atoms with Gasteiger partial charge in [-0.05, 0) is 5.56 Å². The molecule has 1 amide bonds.